The van der Waals surface area contributed by atoms with E-state index in [4.69, 9.17) is 27.0 Å². The van der Waals surface area contributed by atoms with Gasteiger partial charge in [0.15, 0.2) is 23.3 Å². The fourth-order valence-corrected chi connectivity index (χ4v) is 9.60. The van der Waals surface area contributed by atoms with Crippen molar-refractivity contribution in [3.05, 3.63) is 35.4 Å². The first-order valence-corrected chi connectivity index (χ1v) is 31.7. The molecule has 39 heteroatoms. The van der Waals surface area contributed by atoms with Gasteiger partial charge in [0.25, 0.3) is 0 Å². The molecule has 1 heterocycles. The summed E-state index contributed by atoms with van der Waals surface area (Å²) >= 11 is 0. The molecule has 1 aliphatic heterocycles. The first kappa shape index (κ1) is 85.2. The van der Waals surface area contributed by atoms with E-state index in [0.29, 0.717) is 24.0 Å². The third-order valence-electron chi connectivity index (χ3n) is 14.7. The van der Waals surface area contributed by atoms with E-state index in [1.807, 2.05) is 0 Å². The number of aliphatic imine (C=N–C) groups is 1. The van der Waals surface area contributed by atoms with E-state index < -0.39 is 240 Å². The van der Waals surface area contributed by atoms with Crippen molar-refractivity contribution in [1.29, 1.82) is 0 Å². The second-order valence-electron chi connectivity index (χ2n) is 22.9. The molecular weight excluding hydrogens is 1330 g/mol. The second-order valence-corrected chi connectivity index (χ2v) is 22.9. The Kier molecular flexibility index (Phi) is 38.9. The molecular formula is C61H89N15O24. The van der Waals surface area contributed by atoms with Gasteiger partial charge in [0.1, 0.15) is 42.6 Å². The van der Waals surface area contributed by atoms with Crippen molar-refractivity contribution < 1.29 is 116 Å². The summed E-state index contributed by atoms with van der Waals surface area (Å²) < 4.78 is 5.48. The van der Waals surface area contributed by atoms with Gasteiger partial charge in [-0.3, -0.25) is 96.1 Å². The van der Waals surface area contributed by atoms with Crippen LogP contribution in [0.1, 0.15) is 133 Å². The maximum absolute atomic E-state index is 13.8. The van der Waals surface area contributed by atoms with Crippen molar-refractivity contribution in [1.82, 2.24) is 58.1 Å². The zero-order chi connectivity index (χ0) is 75.0. The molecule has 1 fully saturated rings. The van der Waals surface area contributed by atoms with E-state index in [0.717, 1.165) is 0 Å². The number of nitrogens with zero attached hydrogens (tertiary/aromatic N) is 2. The zero-order valence-corrected chi connectivity index (χ0v) is 55.3. The van der Waals surface area contributed by atoms with E-state index in [9.17, 15) is 106 Å². The number of guanidine groups is 1. The predicted molar refractivity (Wildman–Crippen MR) is 345 cm³/mol. The van der Waals surface area contributed by atoms with Gasteiger partial charge in [-0.15, -0.1) is 0 Å². The summed E-state index contributed by atoms with van der Waals surface area (Å²) in [6, 6.07) is -3.67. The molecule has 1 aromatic carbocycles. The van der Waals surface area contributed by atoms with Crippen LogP contribution in [0.5, 0.6) is 0 Å². The molecule has 0 bridgehead atoms. The number of carbonyl (C=O) groups is 19. The number of carboxylic acids is 4. The van der Waals surface area contributed by atoms with Gasteiger partial charge in [-0.1, -0.05) is 24.3 Å². The third-order valence-corrected chi connectivity index (χ3v) is 14.7. The normalized spacial score (nSPS) is 14.0. The Labute approximate surface area is 572 Å². The van der Waals surface area contributed by atoms with E-state index >= 15 is 0 Å². The zero-order valence-electron chi connectivity index (χ0n) is 55.3. The first-order chi connectivity index (χ1) is 47.2. The first-order valence-electron chi connectivity index (χ1n) is 31.7. The highest BCUT2D eigenvalue weighted by atomic mass is 16.5. The van der Waals surface area contributed by atoms with Crippen LogP contribution in [-0.4, -0.2) is 245 Å². The van der Waals surface area contributed by atoms with Crippen molar-refractivity contribution in [3.8, 4) is 0 Å². The van der Waals surface area contributed by atoms with Crippen molar-refractivity contribution in [2.75, 3.05) is 59.0 Å². The van der Waals surface area contributed by atoms with Gasteiger partial charge in [-0.25, -0.2) is 0 Å². The SMILES string of the molecule is CC(=O)CNC(=O)[C@@H]1CCCN1C(=O)[C@H](CCCN=C(N)N)NC(=O)COCCNC(=O)[C@@H](Cc1ccc(C(C)=O)cc1)NC(=O)CNC(=O)[C@@H](CCC(=O)O)NC(=O)CCC(=O)[C@@H](CCC(=O)O)NC(=O)CNC(=O)[C@@H](CCC(=O)O)NC(=O)CCC(=O)[C@@H](CCC(=O)O)NC(=O)CN. The molecule has 100 heavy (non-hydrogen) atoms. The lowest BCUT2D eigenvalue weighted by atomic mass is 10.0. The number of aliphatic carboxylic acids is 4. The number of carboxylic acid groups (broad SMARTS) is 4. The summed E-state index contributed by atoms with van der Waals surface area (Å²) in [5.41, 5.74) is 16.9. The Balaban J connectivity index is 2.12. The molecule has 7 atom stereocenters. The van der Waals surface area contributed by atoms with Crippen LogP contribution in [-0.2, 0) is 97.5 Å². The third kappa shape index (κ3) is 35.4. The molecule has 39 nitrogen and oxygen atoms in total. The lowest BCUT2D eigenvalue weighted by molar-refractivity contribution is -0.142. The molecule has 552 valence electrons. The number of nitrogens with one attached hydrogen (secondary N) is 10. The molecule has 0 aromatic heterocycles. The smallest absolute Gasteiger partial charge is 0.303 e. The van der Waals surface area contributed by atoms with Crippen LogP contribution in [0.25, 0.3) is 0 Å². The molecule has 0 spiro atoms. The van der Waals surface area contributed by atoms with E-state index in [2.05, 4.69) is 58.2 Å². The molecule has 0 unspecified atom stereocenters. The lowest BCUT2D eigenvalue weighted by Gasteiger charge is -2.28. The largest absolute Gasteiger partial charge is 0.481 e. The molecule has 1 aromatic rings. The molecule has 11 amide bonds. The highest BCUT2D eigenvalue weighted by Crippen LogP contribution is 2.20. The van der Waals surface area contributed by atoms with Gasteiger partial charge >= 0.3 is 23.9 Å². The molecule has 1 aliphatic rings. The number of ether oxygens (including phenoxy) is 1. The summed E-state index contributed by atoms with van der Waals surface area (Å²) in [5.74, 6) is -17.7. The molecule has 1 saturated heterocycles. The van der Waals surface area contributed by atoms with Gasteiger partial charge in [0.2, 0.25) is 65.0 Å². The van der Waals surface area contributed by atoms with E-state index in [-0.39, 0.29) is 76.0 Å². The summed E-state index contributed by atoms with van der Waals surface area (Å²) in [5, 5.41) is 60.6. The van der Waals surface area contributed by atoms with Gasteiger partial charge < -0.3 is 100 Å². The van der Waals surface area contributed by atoms with E-state index in [1.165, 1.54) is 43.0 Å². The Morgan fingerprint density at radius 2 is 0.970 bits per heavy atom. The highest BCUT2D eigenvalue weighted by Gasteiger charge is 2.38. The van der Waals surface area contributed by atoms with E-state index in [1.54, 1.807) is 0 Å². The van der Waals surface area contributed by atoms with Crippen LogP contribution in [0.2, 0.25) is 0 Å². The number of carbonyl (C=O) groups excluding carboxylic acids is 15. The minimum absolute atomic E-state index is 0.0548. The second kappa shape index (κ2) is 45.6. The molecule has 0 radical (unpaired) electrons. The summed E-state index contributed by atoms with van der Waals surface area (Å²) in [4.78, 5) is 245. The number of hydrogen-bond acceptors (Lipinski definition) is 22. The maximum atomic E-state index is 13.8. The average Bonchev–Trinajstić information content (AvgIpc) is 1.64. The number of hydrogen-bond donors (Lipinski definition) is 17. The fraction of sp³-hybridized carbons (Fsp3) is 0.574. The van der Waals surface area contributed by atoms with Gasteiger partial charge in [0, 0.05) is 83.0 Å². The average molecular weight is 1420 g/mol. The van der Waals surface area contributed by atoms with Crippen molar-refractivity contribution >= 4 is 118 Å². The standard InChI is InChI=1S/C61H89N15O24/c1-33(77)29-67-59(98)43-6-4-25-76(43)60(99)41(5-3-23-66-61(63)64)74-51(86)32-100-26-24-65-58(97)42(27-35-7-9-36(10-8-35)34(2)78)75-50(85)31-69-57(96)40(14-22-55(93)94)73-47(82)18-16-45(80)38(12-20-53(89)90)71-49(84)30-68-56(95)39(13-21-54(91)92)72-46(81)17-15-44(79)37(11-19-52(87)88)70-48(83)28-62/h7-10,37-43H,3-6,11-32,62H2,1-2H3,(H,65,97)(H,67,98)(H,68,95)(H,69,96)(H,70,83)(H,71,84)(H,72,81)(H,73,82)(H,74,86)(H,75,85)(H,87,88)(H,89,90)(H,91,92)(H,93,94)(H4,63,64,66)/t37-,38-,39-,40-,41+,42-,43+/m1/s1. The van der Waals surface area contributed by atoms with Crippen LogP contribution in [0.15, 0.2) is 29.3 Å². The Hall–Kier alpha value is -10.9. The van der Waals surface area contributed by atoms with Crippen LogP contribution in [0.3, 0.4) is 0 Å². The Morgan fingerprint density at radius 3 is 1.43 bits per heavy atom. The van der Waals surface area contributed by atoms with Crippen LogP contribution in [0.4, 0.5) is 0 Å². The summed E-state index contributed by atoms with van der Waals surface area (Å²) in [6.07, 6.45) is -6.40. The van der Waals surface area contributed by atoms with Crippen LogP contribution >= 0.6 is 0 Å². The predicted octanol–water partition coefficient (Wildman–Crippen LogP) is -6.43. The summed E-state index contributed by atoms with van der Waals surface area (Å²) in [6.45, 7) is -0.802. The molecule has 0 aliphatic carbocycles. The Morgan fingerprint density at radius 1 is 0.520 bits per heavy atom. The highest BCUT2D eigenvalue weighted by molar-refractivity contribution is 5.98. The van der Waals surface area contributed by atoms with Gasteiger partial charge in [0.05, 0.1) is 44.9 Å². The van der Waals surface area contributed by atoms with Crippen molar-refractivity contribution in [2.45, 2.75) is 165 Å². The minimum atomic E-state index is -1.67. The molecule has 20 N–H and O–H groups in total. The number of Topliss-reactive ketones (excluding diaryl/α,β-unsaturated/α-hetero) is 4. The van der Waals surface area contributed by atoms with Crippen LogP contribution in [0, 0.1) is 0 Å². The number of ketones is 4. The number of amides is 11. The van der Waals surface area contributed by atoms with Gasteiger partial charge in [-0.05, 0) is 70.8 Å². The number of rotatable bonds is 50. The fourth-order valence-electron chi connectivity index (χ4n) is 9.60. The Bertz CT molecular complexity index is 3160. The van der Waals surface area contributed by atoms with Gasteiger partial charge in [-0.2, -0.15) is 0 Å². The minimum Gasteiger partial charge on any atom is -0.481 e. The van der Waals surface area contributed by atoms with Crippen molar-refractivity contribution in [3.63, 3.8) is 0 Å². The number of benzene rings is 1. The quantitative estimate of drug-likeness (QED) is 0.0125. The maximum Gasteiger partial charge on any atom is 0.303 e. The monoisotopic (exact) mass is 1420 g/mol. The van der Waals surface area contributed by atoms with Crippen molar-refractivity contribution in [2.24, 2.45) is 22.2 Å². The number of likely N-dealkylation sites (tertiary alicyclic amines) is 1. The lowest BCUT2D eigenvalue weighted by Crippen LogP contribution is -2.54. The molecule has 2 rings (SSSR count). The summed E-state index contributed by atoms with van der Waals surface area (Å²) in [7, 11) is 0. The molecule has 0 saturated carbocycles. The van der Waals surface area contributed by atoms with Crippen LogP contribution < -0.4 is 70.4 Å². The number of nitrogens with two attached hydrogens (primary N) is 3. The topological polar surface area (TPSA) is 628 Å².